The Morgan fingerprint density at radius 2 is 1.45 bits per heavy atom. The van der Waals surface area contributed by atoms with Crippen LogP contribution in [0.1, 0.15) is 21.5 Å². The van der Waals surface area contributed by atoms with Crippen LogP contribution >= 0.6 is 0 Å². The zero-order chi connectivity index (χ0) is 14.6. The molecule has 0 saturated carbocycles. The second kappa shape index (κ2) is 5.74. The Morgan fingerprint density at radius 3 is 2.10 bits per heavy atom. The Bertz CT molecular complexity index is 628. The normalized spacial score (nSPS) is 11.8. The predicted molar refractivity (Wildman–Crippen MR) is 72.2 cm³/mol. The van der Waals surface area contributed by atoms with Gasteiger partial charge < -0.3 is 0 Å². The molecular weight excluding hydrogens is 265 g/mol. The third-order valence-electron chi connectivity index (χ3n) is 2.72. The summed E-state index contributed by atoms with van der Waals surface area (Å²) in [5.41, 5.74) is 0.757. The van der Waals surface area contributed by atoms with Gasteiger partial charge in [-0.1, -0.05) is 66.7 Å². The molecule has 0 aliphatic rings. The molecule has 0 bridgehead atoms. The van der Waals surface area contributed by atoms with Crippen LogP contribution in [0.4, 0.5) is 13.2 Å². The Labute approximate surface area is 114 Å². The first kappa shape index (κ1) is 14.1. The van der Waals surface area contributed by atoms with Crippen molar-refractivity contribution >= 4 is 17.9 Å². The van der Waals surface area contributed by atoms with Gasteiger partial charge in [0, 0.05) is 5.56 Å². The van der Waals surface area contributed by atoms with Crippen LogP contribution in [0, 0.1) is 0 Å². The number of hydrogen-bond acceptors (Lipinski definition) is 1. The van der Waals surface area contributed by atoms with E-state index < -0.39 is 12.0 Å². The quantitative estimate of drug-likeness (QED) is 0.591. The summed E-state index contributed by atoms with van der Waals surface area (Å²) in [6.45, 7) is 0. The van der Waals surface area contributed by atoms with Crippen LogP contribution in [-0.4, -0.2) is 12.0 Å². The number of Topliss-reactive ketones (excluding diaryl/α,β-unsaturated/α-hetero) is 1. The third kappa shape index (κ3) is 3.35. The molecule has 0 N–H and O–H groups in total. The second-order valence-electron chi connectivity index (χ2n) is 4.16. The van der Waals surface area contributed by atoms with Gasteiger partial charge in [0.15, 0.2) is 0 Å². The van der Waals surface area contributed by atoms with Crippen LogP contribution < -0.4 is 0 Å². The molecule has 0 radical (unpaired) electrons. The summed E-state index contributed by atoms with van der Waals surface area (Å²) in [4.78, 5) is 11.3. The standard InChI is InChI=1S/C16H11F3O/c17-16(18,19)15(20)14-9-5-4-8-13(14)11-10-12-6-2-1-3-7-12/h1-11H. The number of halogens is 3. The minimum absolute atomic E-state index is 0.249. The van der Waals surface area contributed by atoms with Crippen LogP contribution in [0.3, 0.4) is 0 Å². The van der Waals surface area contributed by atoms with Gasteiger partial charge in [0.25, 0.3) is 5.78 Å². The molecule has 1 nitrogen and oxygen atoms in total. The second-order valence-corrected chi connectivity index (χ2v) is 4.16. The van der Waals surface area contributed by atoms with Crippen LogP contribution in [0.2, 0.25) is 0 Å². The lowest BCUT2D eigenvalue weighted by atomic mass is 10.0. The number of benzene rings is 2. The molecule has 2 rings (SSSR count). The minimum atomic E-state index is -4.86. The first-order valence-corrected chi connectivity index (χ1v) is 5.92. The number of ketones is 1. The van der Waals surface area contributed by atoms with Crippen molar-refractivity contribution in [2.45, 2.75) is 6.18 Å². The van der Waals surface area contributed by atoms with E-state index in [2.05, 4.69) is 0 Å². The minimum Gasteiger partial charge on any atom is -0.284 e. The summed E-state index contributed by atoms with van der Waals surface area (Å²) in [5.74, 6) is -1.83. The highest BCUT2D eigenvalue weighted by Crippen LogP contribution is 2.24. The summed E-state index contributed by atoms with van der Waals surface area (Å²) in [5, 5.41) is 0. The lowest BCUT2D eigenvalue weighted by Crippen LogP contribution is -2.23. The highest BCUT2D eigenvalue weighted by atomic mass is 19.4. The smallest absolute Gasteiger partial charge is 0.284 e. The first-order chi connectivity index (χ1) is 9.48. The van der Waals surface area contributed by atoms with Crippen molar-refractivity contribution < 1.29 is 18.0 Å². The van der Waals surface area contributed by atoms with Gasteiger partial charge in [0.1, 0.15) is 0 Å². The molecule has 0 heterocycles. The van der Waals surface area contributed by atoms with E-state index in [0.29, 0.717) is 0 Å². The zero-order valence-corrected chi connectivity index (χ0v) is 10.4. The van der Waals surface area contributed by atoms with E-state index in [0.717, 1.165) is 5.56 Å². The molecule has 2 aromatic rings. The number of hydrogen-bond donors (Lipinski definition) is 0. The molecule has 0 unspecified atom stereocenters. The van der Waals surface area contributed by atoms with Gasteiger partial charge in [-0.25, -0.2) is 0 Å². The van der Waals surface area contributed by atoms with Gasteiger partial charge in [0.05, 0.1) is 0 Å². The van der Waals surface area contributed by atoms with Crippen molar-refractivity contribution in [2.24, 2.45) is 0 Å². The van der Waals surface area contributed by atoms with Crippen LogP contribution in [-0.2, 0) is 0 Å². The van der Waals surface area contributed by atoms with Gasteiger partial charge >= 0.3 is 6.18 Å². The molecule has 0 aromatic heterocycles. The summed E-state index contributed by atoms with van der Waals surface area (Å²) >= 11 is 0. The molecule has 0 spiro atoms. The molecule has 0 atom stereocenters. The van der Waals surface area contributed by atoms with Gasteiger partial charge in [0.2, 0.25) is 0 Å². The van der Waals surface area contributed by atoms with Crippen molar-refractivity contribution in [3.8, 4) is 0 Å². The lowest BCUT2D eigenvalue weighted by Gasteiger charge is -2.07. The first-order valence-electron chi connectivity index (χ1n) is 5.92. The number of rotatable bonds is 3. The van der Waals surface area contributed by atoms with E-state index in [1.54, 1.807) is 12.1 Å². The van der Waals surface area contributed by atoms with Crippen molar-refractivity contribution in [2.75, 3.05) is 0 Å². The Morgan fingerprint density at radius 1 is 0.850 bits per heavy atom. The number of carbonyl (C=O) groups excluding carboxylic acids is 1. The Kier molecular flexibility index (Phi) is 4.03. The maximum absolute atomic E-state index is 12.5. The fraction of sp³-hybridized carbons (Fsp3) is 0.0625. The van der Waals surface area contributed by atoms with E-state index in [1.807, 2.05) is 30.3 Å². The molecule has 102 valence electrons. The fourth-order valence-electron chi connectivity index (χ4n) is 1.75. The van der Waals surface area contributed by atoms with Crippen LogP contribution in [0.15, 0.2) is 54.6 Å². The van der Waals surface area contributed by atoms with Gasteiger partial charge in [-0.05, 0) is 11.1 Å². The molecule has 0 aliphatic carbocycles. The summed E-state index contributed by atoms with van der Waals surface area (Å²) in [6.07, 6.45) is -1.69. The molecule has 0 aliphatic heterocycles. The average molecular weight is 276 g/mol. The van der Waals surface area contributed by atoms with E-state index in [-0.39, 0.29) is 11.1 Å². The van der Waals surface area contributed by atoms with E-state index in [1.165, 1.54) is 24.3 Å². The maximum Gasteiger partial charge on any atom is 0.454 e. The topological polar surface area (TPSA) is 17.1 Å². The van der Waals surface area contributed by atoms with Crippen LogP contribution in [0.25, 0.3) is 12.2 Å². The number of alkyl halides is 3. The predicted octanol–water partition coefficient (Wildman–Crippen LogP) is 4.60. The van der Waals surface area contributed by atoms with Crippen molar-refractivity contribution in [3.05, 3.63) is 71.3 Å². The third-order valence-corrected chi connectivity index (χ3v) is 2.72. The average Bonchev–Trinajstić information content (AvgIpc) is 2.45. The van der Waals surface area contributed by atoms with E-state index >= 15 is 0 Å². The molecule has 2 aromatic carbocycles. The van der Waals surface area contributed by atoms with Gasteiger partial charge in [-0.15, -0.1) is 0 Å². The molecule has 4 heteroatoms. The lowest BCUT2D eigenvalue weighted by molar-refractivity contribution is -0.0885. The highest BCUT2D eigenvalue weighted by Gasteiger charge is 2.39. The molecule has 20 heavy (non-hydrogen) atoms. The van der Waals surface area contributed by atoms with Crippen molar-refractivity contribution in [1.82, 2.24) is 0 Å². The number of carbonyl (C=O) groups is 1. The Hall–Kier alpha value is -2.36. The monoisotopic (exact) mass is 276 g/mol. The highest BCUT2D eigenvalue weighted by molar-refractivity contribution is 6.03. The Balaban J connectivity index is 2.34. The SMILES string of the molecule is O=C(c1ccccc1C=Cc1ccccc1)C(F)(F)F. The molecule has 0 fully saturated rings. The summed E-state index contributed by atoms with van der Waals surface area (Å²) in [7, 11) is 0. The summed E-state index contributed by atoms with van der Waals surface area (Å²) in [6, 6.07) is 14.8. The molecule has 0 amide bonds. The van der Waals surface area contributed by atoms with E-state index in [4.69, 9.17) is 0 Å². The molecule has 0 saturated heterocycles. The van der Waals surface area contributed by atoms with Gasteiger partial charge in [-0.3, -0.25) is 4.79 Å². The van der Waals surface area contributed by atoms with Crippen molar-refractivity contribution in [3.63, 3.8) is 0 Å². The van der Waals surface area contributed by atoms with Gasteiger partial charge in [-0.2, -0.15) is 13.2 Å². The summed E-state index contributed by atoms with van der Waals surface area (Å²) < 4.78 is 37.5. The van der Waals surface area contributed by atoms with Crippen molar-refractivity contribution in [1.29, 1.82) is 0 Å². The largest absolute Gasteiger partial charge is 0.454 e. The fourth-order valence-corrected chi connectivity index (χ4v) is 1.75. The maximum atomic E-state index is 12.5. The van der Waals surface area contributed by atoms with E-state index in [9.17, 15) is 18.0 Å². The molecular formula is C16H11F3O. The zero-order valence-electron chi connectivity index (χ0n) is 10.4. The van der Waals surface area contributed by atoms with Crippen LogP contribution in [0.5, 0.6) is 0 Å².